The zero-order valence-electron chi connectivity index (χ0n) is 14.8. The summed E-state index contributed by atoms with van der Waals surface area (Å²) in [6, 6.07) is 15.1. The Morgan fingerprint density at radius 1 is 1.07 bits per heavy atom. The van der Waals surface area contributed by atoms with Gasteiger partial charge in [-0.05, 0) is 36.6 Å². The van der Waals surface area contributed by atoms with Crippen molar-refractivity contribution in [2.75, 3.05) is 11.9 Å². The largest absolute Gasteiger partial charge is 0.396 e. The molecule has 146 valence electrons. The summed E-state index contributed by atoms with van der Waals surface area (Å²) in [5.41, 5.74) is 1.77. The van der Waals surface area contributed by atoms with Crippen LogP contribution in [0.4, 0.5) is 5.69 Å². The summed E-state index contributed by atoms with van der Waals surface area (Å²) >= 11 is 18.2. The maximum absolute atomic E-state index is 12.3. The topological polar surface area (TPSA) is 67.2 Å². The number of rotatable bonds is 7. The van der Waals surface area contributed by atoms with Crippen molar-refractivity contribution in [1.82, 2.24) is 9.78 Å². The number of benzene rings is 2. The van der Waals surface area contributed by atoms with E-state index >= 15 is 0 Å². The van der Waals surface area contributed by atoms with Crippen molar-refractivity contribution in [1.29, 1.82) is 0 Å². The second-order valence-corrected chi connectivity index (χ2v) is 7.35. The van der Waals surface area contributed by atoms with Gasteiger partial charge in [-0.25, -0.2) is 0 Å². The minimum Gasteiger partial charge on any atom is -0.396 e. The van der Waals surface area contributed by atoms with Crippen LogP contribution in [0, 0.1) is 0 Å². The van der Waals surface area contributed by atoms with Crippen LogP contribution in [0.1, 0.15) is 24.4 Å². The van der Waals surface area contributed by atoms with E-state index in [2.05, 4.69) is 10.4 Å². The Balaban J connectivity index is 1.89. The van der Waals surface area contributed by atoms with Gasteiger partial charge in [-0.1, -0.05) is 65.1 Å². The Morgan fingerprint density at radius 3 is 2.50 bits per heavy atom. The van der Waals surface area contributed by atoms with Gasteiger partial charge in [0.25, 0.3) is 5.56 Å². The Bertz CT molecular complexity index is 1010. The van der Waals surface area contributed by atoms with Crippen LogP contribution in [-0.4, -0.2) is 21.5 Å². The van der Waals surface area contributed by atoms with Gasteiger partial charge in [0.1, 0.15) is 5.02 Å². The monoisotopic (exact) mass is 437 g/mol. The Morgan fingerprint density at radius 2 is 1.82 bits per heavy atom. The van der Waals surface area contributed by atoms with Crippen molar-refractivity contribution in [2.45, 2.75) is 18.9 Å². The normalized spacial score (nSPS) is 12.0. The average molecular weight is 439 g/mol. The molecule has 2 aromatic carbocycles. The highest BCUT2D eigenvalue weighted by atomic mass is 35.5. The minimum atomic E-state index is -0.518. The Labute approximate surface area is 177 Å². The Hall–Kier alpha value is -2.05. The second kappa shape index (κ2) is 9.43. The predicted octanol–water partition coefficient (Wildman–Crippen LogP) is 5.12. The van der Waals surface area contributed by atoms with E-state index in [1.807, 2.05) is 30.3 Å². The third-order valence-electron chi connectivity index (χ3n) is 4.26. The summed E-state index contributed by atoms with van der Waals surface area (Å²) in [4.78, 5) is 12.3. The predicted molar refractivity (Wildman–Crippen MR) is 114 cm³/mol. The second-order valence-electron chi connectivity index (χ2n) is 6.16. The van der Waals surface area contributed by atoms with Crippen LogP contribution in [0.15, 0.2) is 59.5 Å². The summed E-state index contributed by atoms with van der Waals surface area (Å²) in [5, 5.41) is 17.1. The number of halogens is 3. The maximum Gasteiger partial charge on any atom is 0.291 e. The Kier molecular flexibility index (Phi) is 6.97. The highest BCUT2D eigenvalue weighted by molar-refractivity contribution is 6.41. The molecule has 3 aromatic rings. The third kappa shape index (κ3) is 4.67. The molecule has 1 unspecified atom stereocenters. The molecule has 0 radical (unpaired) electrons. The third-order valence-corrected chi connectivity index (χ3v) is 5.32. The van der Waals surface area contributed by atoms with E-state index < -0.39 is 5.56 Å². The summed E-state index contributed by atoms with van der Waals surface area (Å²) in [5.74, 6) is 0. The molecule has 8 heteroatoms. The van der Waals surface area contributed by atoms with Gasteiger partial charge in [0, 0.05) is 6.61 Å². The molecule has 3 rings (SSSR count). The molecule has 0 spiro atoms. The number of hydrogen-bond donors (Lipinski definition) is 2. The van der Waals surface area contributed by atoms with Crippen LogP contribution in [0.5, 0.6) is 0 Å². The molecule has 5 nitrogen and oxygen atoms in total. The fraction of sp³-hybridized carbons (Fsp3) is 0.200. The van der Waals surface area contributed by atoms with Gasteiger partial charge in [0.05, 0.1) is 33.7 Å². The molecule has 1 atom stereocenters. The average Bonchev–Trinajstić information content (AvgIpc) is 2.71. The van der Waals surface area contributed by atoms with E-state index in [1.165, 1.54) is 6.20 Å². The van der Waals surface area contributed by atoms with Crippen LogP contribution in [0.2, 0.25) is 15.1 Å². The van der Waals surface area contributed by atoms with Crippen LogP contribution < -0.4 is 10.9 Å². The lowest BCUT2D eigenvalue weighted by Gasteiger charge is -2.21. The van der Waals surface area contributed by atoms with E-state index in [-0.39, 0.29) is 22.7 Å². The molecule has 1 aromatic heterocycles. The van der Waals surface area contributed by atoms with E-state index in [9.17, 15) is 9.90 Å². The molecule has 0 saturated heterocycles. The number of anilines is 1. The molecule has 0 fully saturated rings. The van der Waals surface area contributed by atoms with Crippen molar-refractivity contribution in [3.05, 3.63) is 85.7 Å². The van der Waals surface area contributed by atoms with Crippen LogP contribution in [-0.2, 0) is 0 Å². The van der Waals surface area contributed by atoms with Gasteiger partial charge < -0.3 is 10.4 Å². The van der Waals surface area contributed by atoms with Crippen molar-refractivity contribution in [3.8, 4) is 5.69 Å². The van der Waals surface area contributed by atoms with Gasteiger partial charge >= 0.3 is 0 Å². The van der Waals surface area contributed by atoms with E-state index in [0.717, 1.165) is 16.7 Å². The van der Waals surface area contributed by atoms with Gasteiger partial charge in [0.2, 0.25) is 0 Å². The fourth-order valence-electron chi connectivity index (χ4n) is 2.84. The lowest BCUT2D eigenvalue weighted by atomic mass is 10.0. The van der Waals surface area contributed by atoms with Gasteiger partial charge in [-0.2, -0.15) is 9.78 Å². The molecule has 1 heterocycles. The molecule has 0 aliphatic carbocycles. The lowest BCUT2D eigenvalue weighted by Crippen LogP contribution is -2.21. The molecule has 0 bridgehead atoms. The van der Waals surface area contributed by atoms with Crippen LogP contribution >= 0.6 is 34.8 Å². The lowest BCUT2D eigenvalue weighted by molar-refractivity contribution is 0.281. The zero-order chi connectivity index (χ0) is 20.1. The number of nitrogens with one attached hydrogen (secondary N) is 1. The number of aliphatic hydroxyl groups excluding tert-OH is 1. The number of aliphatic hydroxyl groups is 1. The van der Waals surface area contributed by atoms with E-state index in [0.29, 0.717) is 22.8 Å². The molecule has 0 amide bonds. The first-order valence-electron chi connectivity index (χ1n) is 8.67. The highest BCUT2D eigenvalue weighted by Gasteiger charge is 2.14. The highest BCUT2D eigenvalue weighted by Crippen LogP contribution is 2.30. The van der Waals surface area contributed by atoms with Crippen LogP contribution in [0.3, 0.4) is 0 Å². The van der Waals surface area contributed by atoms with E-state index in [4.69, 9.17) is 34.8 Å². The molecule has 0 aliphatic rings. The van der Waals surface area contributed by atoms with Crippen molar-refractivity contribution < 1.29 is 5.11 Å². The summed E-state index contributed by atoms with van der Waals surface area (Å²) in [7, 11) is 0. The van der Waals surface area contributed by atoms with Crippen molar-refractivity contribution in [3.63, 3.8) is 0 Å². The first kappa shape index (κ1) is 20.7. The van der Waals surface area contributed by atoms with E-state index in [1.54, 1.807) is 18.2 Å². The smallest absolute Gasteiger partial charge is 0.291 e. The minimum absolute atomic E-state index is 0.0116. The summed E-state index contributed by atoms with van der Waals surface area (Å²) in [6.45, 7) is 0.115. The molecule has 2 N–H and O–H groups in total. The quantitative estimate of drug-likeness (QED) is 0.537. The number of hydrogen-bond acceptors (Lipinski definition) is 4. The molecular weight excluding hydrogens is 421 g/mol. The molecular formula is C20H18Cl3N3O2. The van der Waals surface area contributed by atoms with Crippen LogP contribution in [0.25, 0.3) is 5.69 Å². The molecule has 28 heavy (non-hydrogen) atoms. The zero-order valence-corrected chi connectivity index (χ0v) is 17.0. The van der Waals surface area contributed by atoms with Crippen molar-refractivity contribution >= 4 is 40.5 Å². The summed E-state index contributed by atoms with van der Waals surface area (Å²) < 4.78 is 1.14. The van der Waals surface area contributed by atoms with Gasteiger partial charge in [-0.15, -0.1) is 0 Å². The summed E-state index contributed by atoms with van der Waals surface area (Å²) in [6.07, 6.45) is 2.71. The van der Waals surface area contributed by atoms with Gasteiger partial charge in [-0.3, -0.25) is 4.79 Å². The first-order chi connectivity index (χ1) is 13.5. The molecule has 0 aliphatic heterocycles. The molecule has 0 saturated carbocycles. The standard InChI is InChI=1S/C20H18Cl3N3O2/c21-15-11-14(26-20(28)19(23)16(22)12-24-26)8-9-18(15)25-17(7-4-10-27)13-5-2-1-3-6-13/h1-3,5-6,8-9,11-12,17,25,27H,4,7,10H2. The number of nitrogens with zero attached hydrogens (tertiary/aromatic N) is 2. The number of aromatic nitrogens is 2. The maximum atomic E-state index is 12.3. The first-order valence-corrected chi connectivity index (χ1v) is 9.80. The fourth-order valence-corrected chi connectivity index (χ4v) is 3.32. The van der Waals surface area contributed by atoms with Gasteiger partial charge in [0.15, 0.2) is 0 Å². The van der Waals surface area contributed by atoms with Crippen molar-refractivity contribution in [2.24, 2.45) is 0 Å². The SMILES string of the molecule is O=c1c(Cl)c(Cl)cnn1-c1ccc(NC(CCCO)c2ccccc2)c(Cl)c1.